The number of nitrogens with one attached hydrogen (secondary N) is 1. The van der Waals surface area contributed by atoms with Crippen LogP contribution in [0.15, 0.2) is 0 Å². The quantitative estimate of drug-likeness (QED) is 0.789. The summed E-state index contributed by atoms with van der Waals surface area (Å²) in [5.41, 5.74) is 0. The van der Waals surface area contributed by atoms with Crippen molar-refractivity contribution in [2.75, 3.05) is 19.8 Å². The van der Waals surface area contributed by atoms with Crippen molar-refractivity contribution in [3.63, 3.8) is 0 Å². The molecule has 3 heterocycles. The van der Waals surface area contributed by atoms with Crippen molar-refractivity contribution in [3.8, 4) is 0 Å². The number of carbonyl (C=O) groups excluding carboxylic acids is 1. The molecule has 3 saturated heterocycles. The second-order valence-corrected chi connectivity index (χ2v) is 6.46. The summed E-state index contributed by atoms with van der Waals surface area (Å²) in [5, 5.41) is 13.3. The molecule has 3 aliphatic rings. The van der Waals surface area contributed by atoms with E-state index >= 15 is 0 Å². The van der Waals surface area contributed by atoms with E-state index in [1.807, 2.05) is 0 Å². The van der Waals surface area contributed by atoms with Crippen molar-refractivity contribution >= 4 is 5.91 Å². The lowest BCUT2D eigenvalue weighted by molar-refractivity contribution is -0.142. The lowest BCUT2D eigenvalue weighted by Gasteiger charge is -2.39. The topological polar surface area (TPSA) is 61.8 Å². The largest absolute Gasteiger partial charge is 0.393 e. The smallest absolute Gasteiger partial charge is 0.230 e. The zero-order valence-corrected chi connectivity index (χ0v) is 12.3. The van der Waals surface area contributed by atoms with E-state index in [9.17, 15) is 9.90 Å². The maximum absolute atomic E-state index is 12.9. The number of fused-ring (bicyclic) bond motifs is 2. The van der Waals surface area contributed by atoms with E-state index in [-0.39, 0.29) is 36.1 Å². The predicted molar refractivity (Wildman–Crippen MR) is 75.3 cm³/mol. The third-order valence-corrected chi connectivity index (χ3v) is 5.02. The highest BCUT2D eigenvalue weighted by Crippen LogP contribution is 2.37. The van der Waals surface area contributed by atoms with Crippen molar-refractivity contribution in [1.29, 1.82) is 0 Å². The Morgan fingerprint density at radius 2 is 2.00 bits per heavy atom. The summed E-state index contributed by atoms with van der Waals surface area (Å²) in [4.78, 5) is 14.9. The summed E-state index contributed by atoms with van der Waals surface area (Å²) < 4.78 is 5.53. The van der Waals surface area contributed by atoms with Crippen molar-refractivity contribution in [3.05, 3.63) is 0 Å². The van der Waals surface area contributed by atoms with Crippen LogP contribution >= 0.6 is 0 Å². The fraction of sp³-hybridized carbons (Fsp3) is 0.933. The lowest BCUT2D eigenvalue weighted by atomic mass is 9.95. The normalized spacial score (nSPS) is 40.3. The van der Waals surface area contributed by atoms with E-state index in [1.54, 1.807) is 0 Å². The van der Waals surface area contributed by atoms with Gasteiger partial charge >= 0.3 is 0 Å². The van der Waals surface area contributed by atoms with Gasteiger partial charge in [0.2, 0.25) is 5.91 Å². The first-order valence-electron chi connectivity index (χ1n) is 8.02. The van der Waals surface area contributed by atoms with Crippen LogP contribution in [0.2, 0.25) is 0 Å². The minimum Gasteiger partial charge on any atom is -0.393 e. The minimum absolute atomic E-state index is 0.0418. The number of hydrogen-bond donors (Lipinski definition) is 2. The van der Waals surface area contributed by atoms with Gasteiger partial charge in [-0.15, -0.1) is 0 Å². The van der Waals surface area contributed by atoms with Gasteiger partial charge in [0, 0.05) is 18.1 Å². The van der Waals surface area contributed by atoms with Crippen molar-refractivity contribution < 1.29 is 14.6 Å². The lowest BCUT2D eigenvalue weighted by Crippen LogP contribution is -2.53. The van der Waals surface area contributed by atoms with E-state index in [2.05, 4.69) is 17.1 Å². The molecular weight excluding hydrogens is 256 g/mol. The maximum Gasteiger partial charge on any atom is 0.230 e. The van der Waals surface area contributed by atoms with Gasteiger partial charge < -0.3 is 20.1 Å². The third kappa shape index (κ3) is 2.59. The van der Waals surface area contributed by atoms with Crippen LogP contribution in [0.4, 0.5) is 0 Å². The highest BCUT2D eigenvalue weighted by atomic mass is 16.5. The zero-order valence-electron chi connectivity index (χ0n) is 12.3. The van der Waals surface area contributed by atoms with E-state index in [0.717, 1.165) is 38.6 Å². The Bertz CT molecular complexity index is 349. The predicted octanol–water partition coefficient (Wildman–Crippen LogP) is 0.515. The average Bonchev–Trinajstić information content (AvgIpc) is 2.99. The number of aliphatic hydroxyl groups excluding tert-OH is 1. The van der Waals surface area contributed by atoms with Crippen LogP contribution in [-0.4, -0.2) is 59.9 Å². The van der Waals surface area contributed by atoms with Crippen LogP contribution in [0.1, 0.15) is 39.0 Å². The monoisotopic (exact) mass is 282 g/mol. The molecule has 0 aliphatic carbocycles. The summed E-state index contributed by atoms with van der Waals surface area (Å²) in [7, 11) is 0. The van der Waals surface area contributed by atoms with E-state index in [0.29, 0.717) is 13.2 Å². The van der Waals surface area contributed by atoms with Gasteiger partial charge in [0.1, 0.15) is 0 Å². The zero-order chi connectivity index (χ0) is 14.1. The number of nitrogens with zero attached hydrogens (tertiary/aromatic N) is 1. The number of carbonyl (C=O) groups is 1. The fourth-order valence-corrected chi connectivity index (χ4v) is 4.03. The number of amides is 1. The first-order chi connectivity index (χ1) is 9.70. The second-order valence-electron chi connectivity index (χ2n) is 6.46. The molecule has 0 aromatic heterocycles. The second kappa shape index (κ2) is 6.00. The molecule has 3 fully saturated rings. The molecule has 5 nitrogen and oxygen atoms in total. The standard InChI is InChI=1S/C15H26N2O3/c1-2-5-16-14-9-20-8-13(14)15(19)17-10-3-4-11(17)7-12(18)6-10/h10-14,16,18H,2-9H2,1H3. The summed E-state index contributed by atoms with van der Waals surface area (Å²) >= 11 is 0. The Kier molecular flexibility index (Phi) is 4.29. The Balaban J connectivity index is 1.66. The van der Waals surface area contributed by atoms with E-state index in [4.69, 9.17) is 4.74 Å². The summed E-state index contributed by atoms with van der Waals surface area (Å²) in [6.07, 6.45) is 4.46. The fourth-order valence-electron chi connectivity index (χ4n) is 4.03. The van der Waals surface area contributed by atoms with Crippen molar-refractivity contribution in [1.82, 2.24) is 10.2 Å². The van der Waals surface area contributed by atoms with Crippen LogP contribution in [0, 0.1) is 5.92 Å². The number of rotatable bonds is 4. The number of hydrogen-bond acceptors (Lipinski definition) is 4. The average molecular weight is 282 g/mol. The molecule has 3 aliphatic heterocycles. The number of ether oxygens (including phenoxy) is 1. The SMILES string of the molecule is CCCNC1COCC1C(=O)N1C2CCC1CC(O)C2. The molecule has 0 aromatic carbocycles. The molecule has 114 valence electrons. The van der Waals surface area contributed by atoms with E-state index < -0.39 is 0 Å². The minimum atomic E-state index is -0.217. The summed E-state index contributed by atoms with van der Waals surface area (Å²) in [5.74, 6) is 0.204. The molecule has 0 saturated carbocycles. The van der Waals surface area contributed by atoms with Crippen LogP contribution in [-0.2, 0) is 9.53 Å². The summed E-state index contributed by atoms with van der Waals surface area (Å²) in [6.45, 7) is 4.25. The van der Waals surface area contributed by atoms with Gasteiger partial charge in [0.15, 0.2) is 0 Å². The molecule has 0 aromatic rings. The molecule has 4 unspecified atom stereocenters. The van der Waals surface area contributed by atoms with Gasteiger partial charge in [-0.3, -0.25) is 4.79 Å². The van der Waals surface area contributed by atoms with Gasteiger partial charge in [0.25, 0.3) is 0 Å². The van der Waals surface area contributed by atoms with Gasteiger partial charge in [-0.05, 0) is 38.6 Å². The maximum atomic E-state index is 12.9. The first kappa shape index (κ1) is 14.3. The molecule has 5 heteroatoms. The van der Waals surface area contributed by atoms with Crippen molar-refractivity contribution in [2.45, 2.75) is 63.3 Å². The molecule has 3 rings (SSSR count). The Morgan fingerprint density at radius 3 is 2.65 bits per heavy atom. The molecule has 20 heavy (non-hydrogen) atoms. The Labute approximate surface area is 120 Å². The third-order valence-electron chi connectivity index (χ3n) is 5.02. The van der Waals surface area contributed by atoms with Gasteiger partial charge in [0.05, 0.1) is 25.2 Å². The molecule has 4 atom stereocenters. The molecule has 1 amide bonds. The molecular formula is C15H26N2O3. The molecule has 2 bridgehead atoms. The first-order valence-corrected chi connectivity index (χ1v) is 8.02. The molecule has 0 radical (unpaired) electrons. The molecule has 2 N–H and O–H groups in total. The highest BCUT2D eigenvalue weighted by Gasteiger charge is 2.46. The van der Waals surface area contributed by atoms with Crippen LogP contribution in [0.5, 0.6) is 0 Å². The van der Waals surface area contributed by atoms with Gasteiger partial charge in [-0.25, -0.2) is 0 Å². The van der Waals surface area contributed by atoms with Gasteiger partial charge in [-0.1, -0.05) is 6.92 Å². The van der Waals surface area contributed by atoms with Gasteiger partial charge in [-0.2, -0.15) is 0 Å². The van der Waals surface area contributed by atoms with Crippen LogP contribution < -0.4 is 5.32 Å². The van der Waals surface area contributed by atoms with Crippen LogP contribution in [0.3, 0.4) is 0 Å². The Hall–Kier alpha value is -0.650. The molecule has 0 spiro atoms. The highest BCUT2D eigenvalue weighted by molar-refractivity contribution is 5.81. The summed E-state index contributed by atoms with van der Waals surface area (Å²) in [6, 6.07) is 0.668. The number of piperidine rings is 1. The van der Waals surface area contributed by atoms with E-state index in [1.165, 1.54) is 0 Å². The Morgan fingerprint density at radius 1 is 1.30 bits per heavy atom. The number of aliphatic hydroxyl groups is 1. The van der Waals surface area contributed by atoms with Crippen molar-refractivity contribution in [2.24, 2.45) is 5.92 Å². The van der Waals surface area contributed by atoms with Crippen LogP contribution in [0.25, 0.3) is 0 Å².